The molecule has 4 nitrogen and oxygen atoms in total. The maximum absolute atomic E-state index is 11.7. The van der Waals surface area contributed by atoms with Crippen LogP contribution >= 0.6 is 0 Å². The van der Waals surface area contributed by atoms with Gasteiger partial charge >= 0.3 is 0 Å². The third-order valence-electron chi connectivity index (χ3n) is 3.60. The summed E-state index contributed by atoms with van der Waals surface area (Å²) in [6.07, 6.45) is 0. The standard InChI is InChI=1S/C13H15BN2O2/c14-10-1-3-11(4-2-10)15-5-6-16-12(7-15)8-18-9-13(16)17/h1-4,12H,5-9H2. The number of piperazine rings is 1. The van der Waals surface area contributed by atoms with Crippen LogP contribution in [0.4, 0.5) is 5.69 Å². The summed E-state index contributed by atoms with van der Waals surface area (Å²) < 4.78 is 5.32. The first-order valence-corrected chi connectivity index (χ1v) is 6.22. The molecule has 1 atom stereocenters. The quantitative estimate of drug-likeness (QED) is 0.624. The first-order valence-electron chi connectivity index (χ1n) is 6.22. The van der Waals surface area contributed by atoms with Crippen LogP contribution in [-0.2, 0) is 9.53 Å². The molecule has 2 saturated heterocycles. The second kappa shape index (κ2) is 4.65. The fraction of sp³-hybridized carbons (Fsp3) is 0.462. The molecular formula is C13H15BN2O2. The largest absolute Gasteiger partial charge is 0.369 e. The summed E-state index contributed by atoms with van der Waals surface area (Å²) in [5.74, 6) is 0.114. The molecule has 0 saturated carbocycles. The zero-order valence-electron chi connectivity index (χ0n) is 10.2. The highest BCUT2D eigenvalue weighted by Crippen LogP contribution is 2.20. The topological polar surface area (TPSA) is 32.8 Å². The van der Waals surface area contributed by atoms with Crippen molar-refractivity contribution in [1.82, 2.24) is 4.90 Å². The molecule has 0 N–H and O–H groups in total. The van der Waals surface area contributed by atoms with E-state index in [-0.39, 0.29) is 18.6 Å². The smallest absolute Gasteiger partial charge is 0.249 e. The Morgan fingerprint density at radius 3 is 2.78 bits per heavy atom. The van der Waals surface area contributed by atoms with Crippen LogP contribution in [0.1, 0.15) is 0 Å². The van der Waals surface area contributed by atoms with E-state index in [0.29, 0.717) is 6.61 Å². The van der Waals surface area contributed by atoms with E-state index in [2.05, 4.69) is 4.90 Å². The van der Waals surface area contributed by atoms with Gasteiger partial charge < -0.3 is 14.5 Å². The van der Waals surface area contributed by atoms with Crippen LogP contribution in [0.15, 0.2) is 24.3 Å². The highest BCUT2D eigenvalue weighted by molar-refractivity contribution is 6.32. The lowest BCUT2D eigenvalue weighted by Gasteiger charge is -2.44. The minimum absolute atomic E-state index is 0.114. The fourth-order valence-electron chi connectivity index (χ4n) is 2.61. The van der Waals surface area contributed by atoms with Crippen molar-refractivity contribution in [2.75, 3.05) is 37.7 Å². The summed E-state index contributed by atoms with van der Waals surface area (Å²) in [4.78, 5) is 15.9. The van der Waals surface area contributed by atoms with Gasteiger partial charge in [-0.3, -0.25) is 4.79 Å². The lowest BCUT2D eigenvalue weighted by Crippen LogP contribution is -2.60. The first-order chi connectivity index (χ1) is 8.74. The number of ether oxygens (including phenoxy) is 1. The van der Waals surface area contributed by atoms with E-state index >= 15 is 0 Å². The molecule has 18 heavy (non-hydrogen) atoms. The molecule has 0 aromatic heterocycles. The predicted octanol–water partition coefficient (Wildman–Crippen LogP) is -0.472. The highest BCUT2D eigenvalue weighted by atomic mass is 16.5. The monoisotopic (exact) mass is 242 g/mol. The van der Waals surface area contributed by atoms with Gasteiger partial charge in [-0.05, 0) is 12.1 Å². The summed E-state index contributed by atoms with van der Waals surface area (Å²) in [7, 11) is 5.69. The Balaban J connectivity index is 1.73. The maximum Gasteiger partial charge on any atom is 0.249 e. The summed E-state index contributed by atoms with van der Waals surface area (Å²) in [5.41, 5.74) is 1.93. The van der Waals surface area contributed by atoms with Gasteiger partial charge in [-0.15, -0.1) is 0 Å². The number of carbonyl (C=O) groups excluding carboxylic acids is 1. The molecule has 1 unspecified atom stereocenters. The van der Waals surface area contributed by atoms with Crippen LogP contribution < -0.4 is 10.4 Å². The minimum atomic E-state index is 0.114. The van der Waals surface area contributed by atoms with Crippen molar-refractivity contribution in [1.29, 1.82) is 0 Å². The number of fused-ring (bicyclic) bond motifs is 1. The number of anilines is 1. The molecule has 1 amide bonds. The van der Waals surface area contributed by atoms with Gasteiger partial charge in [0.25, 0.3) is 0 Å². The van der Waals surface area contributed by atoms with E-state index < -0.39 is 0 Å². The van der Waals surface area contributed by atoms with Crippen molar-refractivity contribution in [3.8, 4) is 0 Å². The van der Waals surface area contributed by atoms with Crippen molar-refractivity contribution in [3.63, 3.8) is 0 Å². The van der Waals surface area contributed by atoms with E-state index in [1.807, 2.05) is 29.2 Å². The van der Waals surface area contributed by atoms with E-state index in [9.17, 15) is 4.79 Å². The molecular weight excluding hydrogens is 227 g/mol. The zero-order chi connectivity index (χ0) is 12.5. The summed E-state index contributed by atoms with van der Waals surface area (Å²) in [6, 6.07) is 8.04. The first kappa shape index (κ1) is 11.6. The molecule has 2 fully saturated rings. The van der Waals surface area contributed by atoms with E-state index in [1.165, 1.54) is 0 Å². The summed E-state index contributed by atoms with van der Waals surface area (Å²) in [6.45, 7) is 3.34. The normalized spacial score (nSPS) is 24.0. The van der Waals surface area contributed by atoms with Crippen LogP contribution in [0, 0.1) is 0 Å². The summed E-state index contributed by atoms with van der Waals surface area (Å²) >= 11 is 0. The molecule has 3 rings (SSSR count). The third-order valence-corrected chi connectivity index (χ3v) is 3.60. The molecule has 0 bridgehead atoms. The number of nitrogens with zero attached hydrogens (tertiary/aromatic N) is 2. The summed E-state index contributed by atoms with van der Waals surface area (Å²) in [5, 5.41) is 0. The maximum atomic E-state index is 11.7. The Morgan fingerprint density at radius 1 is 1.22 bits per heavy atom. The van der Waals surface area contributed by atoms with Gasteiger partial charge in [0.05, 0.1) is 12.6 Å². The van der Waals surface area contributed by atoms with E-state index in [1.54, 1.807) is 0 Å². The average Bonchev–Trinajstić information content (AvgIpc) is 2.39. The zero-order valence-corrected chi connectivity index (χ0v) is 10.2. The Morgan fingerprint density at radius 2 is 2.00 bits per heavy atom. The lowest BCUT2D eigenvalue weighted by atomic mass is 9.96. The number of carbonyl (C=O) groups is 1. The van der Waals surface area contributed by atoms with Gasteiger partial charge in [0, 0.05) is 25.3 Å². The van der Waals surface area contributed by atoms with Crippen molar-refractivity contribution in [2.45, 2.75) is 6.04 Å². The predicted molar refractivity (Wildman–Crippen MR) is 70.4 cm³/mol. The molecule has 1 aromatic rings. The second-order valence-corrected chi connectivity index (χ2v) is 4.79. The van der Waals surface area contributed by atoms with Crippen LogP contribution in [0.3, 0.4) is 0 Å². The number of hydrogen-bond acceptors (Lipinski definition) is 3. The number of rotatable bonds is 1. The van der Waals surface area contributed by atoms with Gasteiger partial charge in [-0.25, -0.2) is 0 Å². The van der Waals surface area contributed by atoms with Crippen molar-refractivity contribution in [3.05, 3.63) is 24.3 Å². The van der Waals surface area contributed by atoms with Crippen LogP contribution in [0.25, 0.3) is 0 Å². The molecule has 2 heterocycles. The van der Waals surface area contributed by atoms with E-state index in [0.717, 1.165) is 30.8 Å². The number of morpholine rings is 1. The molecule has 1 aromatic carbocycles. The van der Waals surface area contributed by atoms with Crippen molar-refractivity contribution < 1.29 is 9.53 Å². The van der Waals surface area contributed by atoms with Gasteiger partial charge in [-0.1, -0.05) is 17.6 Å². The van der Waals surface area contributed by atoms with Gasteiger partial charge in [0.2, 0.25) is 5.91 Å². The second-order valence-electron chi connectivity index (χ2n) is 4.79. The molecule has 5 heteroatoms. The molecule has 92 valence electrons. The van der Waals surface area contributed by atoms with Crippen molar-refractivity contribution >= 4 is 24.9 Å². The van der Waals surface area contributed by atoms with E-state index in [4.69, 9.17) is 12.6 Å². The number of amides is 1. The Bertz CT molecular complexity index is 449. The Hall–Kier alpha value is -1.49. The fourth-order valence-corrected chi connectivity index (χ4v) is 2.61. The molecule has 0 aliphatic carbocycles. The van der Waals surface area contributed by atoms with Crippen LogP contribution in [-0.4, -0.2) is 57.5 Å². The van der Waals surface area contributed by atoms with Gasteiger partial charge in [-0.2, -0.15) is 0 Å². The van der Waals surface area contributed by atoms with Gasteiger partial charge in [0.15, 0.2) is 0 Å². The SMILES string of the molecule is [B]c1ccc(N2CCN3C(=O)COCC3C2)cc1. The molecule has 2 aliphatic rings. The molecule has 2 radical (unpaired) electrons. The minimum Gasteiger partial charge on any atom is -0.369 e. The van der Waals surface area contributed by atoms with Gasteiger partial charge in [0.1, 0.15) is 14.5 Å². The number of hydrogen-bond donors (Lipinski definition) is 0. The average molecular weight is 242 g/mol. The Labute approximate surface area is 108 Å². The molecule has 2 aliphatic heterocycles. The number of benzene rings is 1. The van der Waals surface area contributed by atoms with Crippen LogP contribution in [0.5, 0.6) is 0 Å². The van der Waals surface area contributed by atoms with Crippen molar-refractivity contribution in [2.24, 2.45) is 0 Å². The Kier molecular flexibility index (Phi) is 3.00. The van der Waals surface area contributed by atoms with Crippen LogP contribution in [0.2, 0.25) is 0 Å². The molecule has 0 spiro atoms. The lowest BCUT2D eigenvalue weighted by molar-refractivity contribution is -0.148. The highest BCUT2D eigenvalue weighted by Gasteiger charge is 2.33. The third kappa shape index (κ3) is 2.10.